The Morgan fingerprint density at radius 2 is 1.96 bits per heavy atom. The van der Waals surface area contributed by atoms with Crippen LogP contribution in [0.5, 0.6) is 0 Å². The van der Waals surface area contributed by atoms with Gasteiger partial charge in [0, 0.05) is 46.4 Å². The molecule has 1 heterocycles. The molecule has 0 aromatic carbocycles. The molecule has 152 valence electrons. The van der Waals surface area contributed by atoms with Crippen molar-refractivity contribution in [2.45, 2.75) is 51.7 Å². The minimum atomic E-state index is -0.467. The number of amides is 1. The van der Waals surface area contributed by atoms with E-state index in [2.05, 4.69) is 25.8 Å². The van der Waals surface area contributed by atoms with Gasteiger partial charge in [-0.1, -0.05) is 0 Å². The average molecular weight is 372 g/mol. The topological polar surface area (TPSA) is 87.2 Å². The van der Waals surface area contributed by atoms with Gasteiger partial charge in [0.2, 0.25) is 0 Å². The first-order valence-corrected chi connectivity index (χ1v) is 9.50. The first-order chi connectivity index (χ1) is 12.4. The molecule has 0 spiro atoms. The summed E-state index contributed by atoms with van der Waals surface area (Å²) in [4.78, 5) is 18.3. The molecule has 8 nitrogen and oxygen atoms in total. The fraction of sp³-hybridized carbons (Fsp3) is 0.889. The van der Waals surface area contributed by atoms with E-state index in [0.717, 1.165) is 45.2 Å². The minimum absolute atomic E-state index is 0.377. The lowest BCUT2D eigenvalue weighted by Gasteiger charge is -2.25. The van der Waals surface area contributed by atoms with Gasteiger partial charge in [0.25, 0.3) is 0 Å². The van der Waals surface area contributed by atoms with Crippen molar-refractivity contribution in [2.75, 3.05) is 53.5 Å². The van der Waals surface area contributed by atoms with Gasteiger partial charge < -0.3 is 25.4 Å². The molecule has 1 aliphatic heterocycles. The van der Waals surface area contributed by atoms with Crippen molar-refractivity contribution >= 4 is 12.1 Å². The summed E-state index contributed by atoms with van der Waals surface area (Å²) in [6.07, 6.45) is 2.85. The second kappa shape index (κ2) is 12.0. The van der Waals surface area contributed by atoms with Gasteiger partial charge in [-0.25, -0.2) is 4.79 Å². The highest BCUT2D eigenvalue weighted by molar-refractivity contribution is 5.79. The summed E-state index contributed by atoms with van der Waals surface area (Å²) < 4.78 is 10.4. The number of methoxy groups -OCH3 is 1. The zero-order valence-corrected chi connectivity index (χ0v) is 17.1. The lowest BCUT2D eigenvalue weighted by Crippen LogP contribution is -2.46. The van der Waals surface area contributed by atoms with Crippen LogP contribution in [0.3, 0.4) is 0 Å². The summed E-state index contributed by atoms with van der Waals surface area (Å²) in [6.45, 7) is 10.6. The van der Waals surface area contributed by atoms with E-state index in [1.54, 1.807) is 14.2 Å². The van der Waals surface area contributed by atoms with Crippen molar-refractivity contribution in [3.05, 3.63) is 0 Å². The van der Waals surface area contributed by atoms with Crippen molar-refractivity contribution in [1.82, 2.24) is 20.9 Å². The Morgan fingerprint density at radius 3 is 2.62 bits per heavy atom. The van der Waals surface area contributed by atoms with Crippen LogP contribution in [0, 0.1) is 0 Å². The van der Waals surface area contributed by atoms with Crippen LogP contribution in [-0.4, -0.2) is 82.1 Å². The highest BCUT2D eigenvalue weighted by Gasteiger charge is 2.23. The number of nitrogens with one attached hydrogen (secondary N) is 3. The zero-order valence-electron chi connectivity index (χ0n) is 17.1. The number of nitrogens with zero attached hydrogens (tertiary/aromatic N) is 2. The van der Waals surface area contributed by atoms with Crippen LogP contribution >= 0.6 is 0 Å². The second-order valence-electron chi connectivity index (χ2n) is 7.49. The van der Waals surface area contributed by atoms with Gasteiger partial charge in [0.05, 0.1) is 6.61 Å². The van der Waals surface area contributed by atoms with E-state index in [1.165, 1.54) is 12.8 Å². The third-order valence-corrected chi connectivity index (χ3v) is 4.12. The molecule has 1 amide bonds. The van der Waals surface area contributed by atoms with Crippen molar-refractivity contribution in [3.63, 3.8) is 0 Å². The van der Waals surface area contributed by atoms with Crippen molar-refractivity contribution in [1.29, 1.82) is 0 Å². The molecule has 0 saturated carbocycles. The number of alkyl carbamates (subject to hydrolysis) is 1. The molecule has 1 rings (SSSR count). The number of guanidine groups is 1. The molecular formula is C18H37N5O3. The summed E-state index contributed by atoms with van der Waals surface area (Å²) in [6, 6.07) is 0.525. The second-order valence-corrected chi connectivity index (χ2v) is 7.49. The number of carbonyl (C=O) groups is 1. The van der Waals surface area contributed by atoms with Crippen LogP contribution in [0.2, 0.25) is 0 Å². The molecule has 0 aliphatic carbocycles. The van der Waals surface area contributed by atoms with E-state index in [4.69, 9.17) is 9.47 Å². The van der Waals surface area contributed by atoms with Crippen LogP contribution in [0.4, 0.5) is 4.79 Å². The van der Waals surface area contributed by atoms with Gasteiger partial charge in [-0.15, -0.1) is 0 Å². The molecule has 0 bridgehead atoms. The van der Waals surface area contributed by atoms with E-state index >= 15 is 0 Å². The van der Waals surface area contributed by atoms with Gasteiger partial charge >= 0.3 is 6.09 Å². The molecule has 0 radical (unpaired) electrons. The largest absolute Gasteiger partial charge is 0.444 e. The number of hydrogen-bond acceptors (Lipinski definition) is 5. The van der Waals surface area contributed by atoms with E-state index in [9.17, 15) is 4.79 Å². The monoisotopic (exact) mass is 371 g/mol. The number of ether oxygens (including phenoxy) is 2. The molecule has 1 saturated heterocycles. The van der Waals surface area contributed by atoms with E-state index in [-0.39, 0.29) is 6.09 Å². The Kier molecular flexibility index (Phi) is 10.3. The minimum Gasteiger partial charge on any atom is -0.444 e. The SMILES string of the molecule is CN=C(NCCCNC(=O)OC(C)(C)C)NCC1CCCN1CCOC. The lowest BCUT2D eigenvalue weighted by atomic mass is 10.2. The zero-order chi connectivity index (χ0) is 19.4. The first-order valence-electron chi connectivity index (χ1n) is 9.50. The van der Waals surface area contributed by atoms with Gasteiger partial charge in [-0.2, -0.15) is 0 Å². The van der Waals surface area contributed by atoms with Crippen molar-refractivity contribution in [3.8, 4) is 0 Å². The lowest BCUT2D eigenvalue weighted by molar-refractivity contribution is 0.0527. The third kappa shape index (κ3) is 9.82. The van der Waals surface area contributed by atoms with Crippen LogP contribution in [0.25, 0.3) is 0 Å². The van der Waals surface area contributed by atoms with Gasteiger partial charge in [0.1, 0.15) is 5.60 Å². The molecule has 8 heteroatoms. The Hall–Kier alpha value is -1.54. The summed E-state index contributed by atoms with van der Waals surface area (Å²) in [5.74, 6) is 0.792. The van der Waals surface area contributed by atoms with Gasteiger partial charge in [0.15, 0.2) is 5.96 Å². The van der Waals surface area contributed by atoms with E-state index in [0.29, 0.717) is 12.6 Å². The number of rotatable bonds is 9. The normalized spacial score (nSPS) is 18.7. The Morgan fingerprint density at radius 1 is 1.23 bits per heavy atom. The maximum atomic E-state index is 11.6. The summed E-state index contributed by atoms with van der Waals surface area (Å²) in [5, 5.41) is 9.42. The first kappa shape index (κ1) is 22.5. The molecule has 0 aromatic heterocycles. The molecule has 3 N–H and O–H groups in total. The molecule has 1 atom stereocenters. The number of likely N-dealkylation sites (tertiary alicyclic amines) is 1. The summed E-state index contributed by atoms with van der Waals surface area (Å²) >= 11 is 0. The van der Waals surface area contributed by atoms with Crippen LogP contribution in [-0.2, 0) is 9.47 Å². The molecule has 0 aromatic rings. The Bertz CT molecular complexity index is 437. The highest BCUT2D eigenvalue weighted by atomic mass is 16.6. The van der Waals surface area contributed by atoms with Gasteiger partial charge in [-0.05, 0) is 46.6 Å². The summed E-state index contributed by atoms with van der Waals surface area (Å²) in [7, 11) is 3.51. The molecule has 1 unspecified atom stereocenters. The average Bonchev–Trinajstić information content (AvgIpc) is 3.01. The fourth-order valence-corrected chi connectivity index (χ4v) is 2.86. The maximum Gasteiger partial charge on any atom is 0.407 e. The Labute approximate surface area is 158 Å². The van der Waals surface area contributed by atoms with Gasteiger partial charge in [-0.3, -0.25) is 9.89 Å². The third-order valence-electron chi connectivity index (χ3n) is 4.12. The van der Waals surface area contributed by atoms with E-state index in [1.807, 2.05) is 20.8 Å². The predicted octanol–water partition coefficient (Wildman–Crippen LogP) is 1.18. The van der Waals surface area contributed by atoms with Crippen molar-refractivity contribution in [2.24, 2.45) is 4.99 Å². The predicted molar refractivity (Wildman–Crippen MR) is 105 cm³/mol. The van der Waals surface area contributed by atoms with Crippen LogP contribution in [0.1, 0.15) is 40.0 Å². The summed E-state index contributed by atoms with van der Waals surface area (Å²) in [5.41, 5.74) is -0.467. The van der Waals surface area contributed by atoms with E-state index < -0.39 is 5.60 Å². The molecule has 1 aliphatic rings. The Balaban J connectivity index is 2.16. The molecule has 1 fully saturated rings. The smallest absolute Gasteiger partial charge is 0.407 e. The molecular weight excluding hydrogens is 334 g/mol. The van der Waals surface area contributed by atoms with Crippen LogP contribution < -0.4 is 16.0 Å². The fourth-order valence-electron chi connectivity index (χ4n) is 2.86. The molecule has 26 heavy (non-hydrogen) atoms. The number of aliphatic imine (C=N–C) groups is 1. The van der Waals surface area contributed by atoms with Crippen LogP contribution in [0.15, 0.2) is 4.99 Å². The quantitative estimate of drug-likeness (QED) is 0.320. The number of hydrogen-bond donors (Lipinski definition) is 3. The maximum absolute atomic E-state index is 11.6. The highest BCUT2D eigenvalue weighted by Crippen LogP contribution is 2.15. The standard InChI is InChI=1S/C18H37N5O3/c1-18(2,3)26-17(24)21-10-7-9-20-16(19-4)22-14-15-8-6-11-23(15)12-13-25-5/h15H,6-14H2,1-5H3,(H,21,24)(H2,19,20,22). The number of carbonyl (C=O) groups excluding carboxylic acids is 1. The van der Waals surface area contributed by atoms with Crippen molar-refractivity contribution < 1.29 is 14.3 Å².